The number of amides is 1. The van der Waals surface area contributed by atoms with Gasteiger partial charge in [-0.3, -0.25) is 4.79 Å². The fourth-order valence-electron chi connectivity index (χ4n) is 2.56. The van der Waals surface area contributed by atoms with Crippen molar-refractivity contribution < 1.29 is 9.90 Å². The van der Waals surface area contributed by atoms with Crippen molar-refractivity contribution in [2.75, 3.05) is 13.6 Å². The second-order valence-electron chi connectivity index (χ2n) is 5.52. The Morgan fingerprint density at radius 1 is 1.17 bits per heavy atom. The lowest BCUT2D eigenvalue weighted by atomic mass is 9.99. The van der Waals surface area contributed by atoms with Gasteiger partial charge in [-0.25, -0.2) is 0 Å². The van der Waals surface area contributed by atoms with Gasteiger partial charge in [-0.1, -0.05) is 53.6 Å². The van der Waals surface area contributed by atoms with Gasteiger partial charge in [-0.2, -0.15) is 0 Å². The van der Waals surface area contributed by atoms with E-state index in [1.807, 2.05) is 36.4 Å². The molecule has 0 aliphatic rings. The summed E-state index contributed by atoms with van der Waals surface area (Å²) in [6.45, 7) is -0.0829. The highest BCUT2D eigenvalue weighted by molar-refractivity contribution is 5.94. The standard InChI is InChI=1S/C18H20N4O2/c1-22(18(24)15-10-6-3-7-11-15)16(17(23)13-20-21-19)12-14-8-4-2-5-9-14/h2-11,16-17,23H,12-13H2,1H3/t16-,17+/m0/s1. The number of azide groups is 1. The number of aliphatic hydroxyl groups is 1. The Labute approximate surface area is 141 Å². The van der Waals surface area contributed by atoms with Crippen molar-refractivity contribution in [2.24, 2.45) is 5.11 Å². The van der Waals surface area contributed by atoms with Crippen LogP contribution in [0.15, 0.2) is 65.8 Å². The Balaban J connectivity index is 2.23. The van der Waals surface area contributed by atoms with Gasteiger partial charge in [-0.15, -0.1) is 0 Å². The first-order valence-electron chi connectivity index (χ1n) is 7.68. The molecule has 0 spiro atoms. The monoisotopic (exact) mass is 324 g/mol. The van der Waals surface area contributed by atoms with Crippen LogP contribution in [0.4, 0.5) is 0 Å². The first-order valence-corrected chi connectivity index (χ1v) is 7.68. The number of benzene rings is 2. The van der Waals surface area contributed by atoms with Gasteiger partial charge < -0.3 is 10.0 Å². The van der Waals surface area contributed by atoms with Crippen molar-refractivity contribution in [2.45, 2.75) is 18.6 Å². The van der Waals surface area contributed by atoms with Crippen LogP contribution in [-0.4, -0.2) is 41.7 Å². The summed E-state index contributed by atoms with van der Waals surface area (Å²) >= 11 is 0. The first-order chi connectivity index (χ1) is 11.6. The third-order valence-corrected chi connectivity index (χ3v) is 3.90. The van der Waals surface area contributed by atoms with E-state index >= 15 is 0 Å². The Morgan fingerprint density at radius 3 is 2.33 bits per heavy atom. The van der Waals surface area contributed by atoms with Crippen LogP contribution in [0.3, 0.4) is 0 Å². The van der Waals surface area contributed by atoms with Crippen LogP contribution in [0.2, 0.25) is 0 Å². The SMILES string of the molecule is CN(C(=O)c1ccccc1)[C@@H](Cc1ccccc1)[C@H](O)CN=[N+]=[N-]. The molecule has 6 heteroatoms. The van der Waals surface area contributed by atoms with E-state index in [9.17, 15) is 9.90 Å². The maximum atomic E-state index is 12.7. The largest absolute Gasteiger partial charge is 0.391 e. The summed E-state index contributed by atoms with van der Waals surface area (Å²) in [5, 5.41) is 13.9. The van der Waals surface area contributed by atoms with Gasteiger partial charge in [0.2, 0.25) is 0 Å². The molecule has 0 aromatic heterocycles. The quantitative estimate of drug-likeness (QED) is 0.482. The molecular weight excluding hydrogens is 304 g/mol. The fourth-order valence-corrected chi connectivity index (χ4v) is 2.56. The van der Waals surface area contributed by atoms with Crippen LogP contribution in [-0.2, 0) is 6.42 Å². The molecule has 124 valence electrons. The van der Waals surface area contributed by atoms with Gasteiger partial charge in [0, 0.05) is 17.5 Å². The van der Waals surface area contributed by atoms with Gasteiger partial charge in [0.1, 0.15) is 0 Å². The van der Waals surface area contributed by atoms with Crippen molar-refractivity contribution in [1.82, 2.24) is 4.90 Å². The van der Waals surface area contributed by atoms with Gasteiger partial charge >= 0.3 is 0 Å². The molecule has 0 saturated heterocycles. The minimum absolute atomic E-state index is 0.0829. The third-order valence-electron chi connectivity index (χ3n) is 3.90. The van der Waals surface area contributed by atoms with E-state index in [1.54, 1.807) is 31.3 Å². The molecule has 0 unspecified atom stereocenters. The molecule has 0 saturated carbocycles. The molecule has 1 amide bonds. The first kappa shape index (κ1) is 17.5. The zero-order valence-corrected chi connectivity index (χ0v) is 13.5. The van der Waals surface area contributed by atoms with Crippen LogP contribution in [0.5, 0.6) is 0 Å². The van der Waals surface area contributed by atoms with Crippen LogP contribution < -0.4 is 0 Å². The lowest BCUT2D eigenvalue weighted by Crippen LogP contribution is -2.47. The van der Waals surface area contributed by atoms with E-state index in [4.69, 9.17) is 5.53 Å². The molecule has 2 rings (SSSR count). The Bertz CT molecular complexity index is 699. The minimum atomic E-state index is -0.946. The molecule has 2 aromatic carbocycles. The van der Waals surface area contributed by atoms with Gasteiger partial charge in [0.25, 0.3) is 5.91 Å². The average molecular weight is 324 g/mol. The summed E-state index contributed by atoms with van der Waals surface area (Å²) in [6.07, 6.45) is -0.475. The van der Waals surface area contributed by atoms with Crippen molar-refractivity contribution in [3.63, 3.8) is 0 Å². The molecule has 2 aromatic rings. The molecule has 2 atom stereocenters. The minimum Gasteiger partial charge on any atom is -0.391 e. The fraction of sp³-hybridized carbons (Fsp3) is 0.278. The molecule has 0 bridgehead atoms. The smallest absolute Gasteiger partial charge is 0.253 e. The van der Waals surface area contributed by atoms with Crippen molar-refractivity contribution in [1.29, 1.82) is 0 Å². The zero-order valence-electron chi connectivity index (χ0n) is 13.5. The number of hydrogen-bond acceptors (Lipinski definition) is 3. The normalized spacial score (nSPS) is 12.8. The molecule has 24 heavy (non-hydrogen) atoms. The van der Waals surface area contributed by atoms with E-state index in [1.165, 1.54) is 4.90 Å². The Morgan fingerprint density at radius 2 is 1.75 bits per heavy atom. The number of likely N-dealkylation sites (N-methyl/N-ethyl adjacent to an activating group) is 1. The molecule has 0 aliphatic carbocycles. The van der Waals surface area contributed by atoms with Crippen LogP contribution in [0, 0.1) is 0 Å². The van der Waals surface area contributed by atoms with E-state index < -0.39 is 12.1 Å². The second-order valence-corrected chi connectivity index (χ2v) is 5.52. The molecule has 1 N–H and O–H groups in total. The van der Waals surface area contributed by atoms with E-state index in [0.29, 0.717) is 12.0 Å². The van der Waals surface area contributed by atoms with Gasteiger partial charge in [0.05, 0.1) is 18.7 Å². The van der Waals surface area contributed by atoms with Crippen LogP contribution in [0.25, 0.3) is 10.4 Å². The highest BCUT2D eigenvalue weighted by Crippen LogP contribution is 2.15. The van der Waals surface area contributed by atoms with Crippen LogP contribution >= 0.6 is 0 Å². The molecule has 0 radical (unpaired) electrons. The number of aliphatic hydroxyl groups excluding tert-OH is 1. The summed E-state index contributed by atoms with van der Waals surface area (Å²) < 4.78 is 0. The zero-order chi connectivity index (χ0) is 17.4. The summed E-state index contributed by atoms with van der Waals surface area (Å²) in [7, 11) is 1.66. The Hall–Kier alpha value is -2.82. The number of carbonyl (C=O) groups excluding carboxylic acids is 1. The van der Waals surface area contributed by atoms with Crippen molar-refractivity contribution >= 4 is 5.91 Å². The lowest BCUT2D eigenvalue weighted by molar-refractivity contribution is 0.0468. The average Bonchev–Trinajstić information content (AvgIpc) is 2.64. The second kappa shape index (κ2) is 8.72. The number of rotatable bonds is 7. The van der Waals surface area contributed by atoms with Crippen molar-refractivity contribution in [3.05, 3.63) is 82.2 Å². The topological polar surface area (TPSA) is 89.3 Å². The van der Waals surface area contributed by atoms with E-state index in [2.05, 4.69) is 10.0 Å². The molecule has 0 fully saturated rings. The van der Waals surface area contributed by atoms with E-state index in [0.717, 1.165) is 5.56 Å². The molecular formula is C18H20N4O2. The summed E-state index contributed by atoms with van der Waals surface area (Å²) in [6, 6.07) is 18.0. The summed E-state index contributed by atoms with van der Waals surface area (Å²) in [4.78, 5) is 16.9. The number of nitrogens with zero attached hydrogens (tertiary/aromatic N) is 4. The number of hydrogen-bond donors (Lipinski definition) is 1. The predicted octanol–water partition coefficient (Wildman–Crippen LogP) is 3.04. The van der Waals surface area contributed by atoms with E-state index in [-0.39, 0.29) is 12.5 Å². The van der Waals surface area contributed by atoms with Crippen LogP contribution in [0.1, 0.15) is 15.9 Å². The van der Waals surface area contributed by atoms with Gasteiger partial charge in [0.15, 0.2) is 0 Å². The molecule has 0 aliphatic heterocycles. The maximum Gasteiger partial charge on any atom is 0.253 e. The van der Waals surface area contributed by atoms with Gasteiger partial charge in [-0.05, 0) is 29.6 Å². The molecule has 6 nitrogen and oxygen atoms in total. The lowest BCUT2D eigenvalue weighted by Gasteiger charge is -2.32. The highest BCUT2D eigenvalue weighted by atomic mass is 16.3. The summed E-state index contributed by atoms with van der Waals surface area (Å²) in [5.74, 6) is -0.184. The third kappa shape index (κ3) is 4.59. The van der Waals surface area contributed by atoms with Crippen molar-refractivity contribution in [3.8, 4) is 0 Å². The maximum absolute atomic E-state index is 12.7. The summed E-state index contributed by atoms with van der Waals surface area (Å²) in [5.41, 5.74) is 10.0. The Kier molecular flexibility index (Phi) is 6.37. The number of carbonyl (C=O) groups is 1. The molecule has 0 heterocycles. The highest BCUT2D eigenvalue weighted by Gasteiger charge is 2.27. The predicted molar refractivity (Wildman–Crippen MR) is 92.5 cm³/mol.